The zero-order valence-electron chi connectivity index (χ0n) is 5.34. The predicted molar refractivity (Wildman–Crippen MR) is 33.8 cm³/mol. The van der Waals surface area contributed by atoms with Crippen LogP contribution in [0.3, 0.4) is 0 Å². The van der Waals surface area contributed by atoms with Gasteiger partial charge >= 0.3 is 37.7 Å². The molecule has 0 aliphatic rings. The molecule has 0 spiro atoms. The average molecular weight is 174 g/mol. The molecule has 0 aliphatic heterocycles. The predicted octanol–water partition coefficient (Wildman–Crippen LogP) is -2.23. The van der Waals surface area contributed by atoms with Crippen LogP contribution in [-0.2, 0) is 9.59 Å². The molecule has 0 atom stereocenters. The molecule has 5 heteroatoms. The molecular formula is C5H10CaO4. The molecule has 0 bridgehead atoms. The van der Waals surface area contributed by atoms with Crippen molar-refractivity contribution in [2.75, 3.05) is 0 Å². The van der Waals surface area contributed by atoms with Gasteiger partial charge in [0, 0.05) is 11.9 Å². The summed E-state index contributed by atoms with van der Waals surface area (Å²) in [6.07, 6.45) is 0. The number of carboxylic acid groups (broad SMARTS) is 2. The van der Waals surface area contributed by atoms with E-state index >= 15 is 0 Å². The summed E-state index contributed by atoms with van der Waals surface area (Å²) in [7, 11) is 0. The molecule has 4 nitrogen and oxygen atoms in total. The first kappa shape index (κ1) is 22.5. The number of hydrogen-bond acceptors (Lipinski definition) is 4. The third-order valence-electron chi connectivity index (χ3n) is 0. The monoisotopic (exact) mass is 174 g/mol. The quantitative estimate of drug-likeness (QED) is 0.389. The van der Waals surface area contributed by atoms with Crippen LogP contribution in [0.25, 0.3) is 0 Å². The average Bonchev–Trinajstić information content (AvgIpc) is 1.25. The van der Waals surface area contributed by atoms with Crippen LogP contribution >= 0.6 is 0 Å². The Balaban J connectivity index is -0.0000000300. The fourth-order valence-electron chi connectivity index (χ4n) is 0. The molecule has 0 aromatic carbocycles. The third-order valence-corrected chi connectivity index (χ3v) is 0. The molecule has 0 unspecified atom stereocenters. The Morgan fingerprint density at radius 1 is 1.00 bits per heavy atom. The van der Waals surface area contributed by atoms with Crippen LogP contribution in [0, 0.1) is 0 Å². The Bertz CT molecular complexity index is 71.6. The number of carbonyl (C=O) groups is 2. The first-order chi connectivity index (χ1) is 3.46. The summed E-state index contributed by atoms with van der Waals surface area (Å²) in [4.78, 5) is 17.8. The van der Waals surface area contributed by atoms with Gasteiger partial charge in [-0.25, -0.2) is 0 Å². The topological polar surface area (TPSA) is 80.3 Å². The molecule has 0 fully saturated rings. The van der Waals surface area contributed by atoms with Crippen molar-refractivity contribution in [1.29, 1.82) is 0 Å². The van der Waals surface area contributed by atoms with Gasteiger partial charge in [0.05, 0.1) is 0 Å². The largest absolute Gasteiger partial charge is 2.00 e. The molecule has 10 heavy (non-hydrogen) atoms. The van der Waals surface area contributed by atoms with E-state index in [0.717, 1.165) is 13.8 Å². The Hall–Kier alpha value is 0.200. The SMILES string of the molecule is C.CC(=O)[O-].CC(=O)[O-].[Ca+2]. The fourth-order valence-corrected chi connectivity index (χ4v) is 0. The van der Waals surface area contributed by atoms with Gasteiger partial charge in [0.15, 0.2) is 0 Å². The number of carboxylic acids is 2. The maximum atomic E-state index is 8.89. The van der Waals surface area contributed by atoms with Crippen LogP contribution in [0.1, 0.15) is 21.3 Å². The van der Waals surface area contributed by atoms with Gasteiger partial charge in [0.1, 0.15) is 0 Å². The standard InChI is InChI=1S/2C2H4O2.CH4.Ca/c2*1-2(3)4;;/h2*1H3,(H,3,4);1H4;/q;;;+2/p-2. The van der Waals surface area contributed by atoms with E-state index in [1.165, 1.54) is 0 Å². The first-order valence-corrected chi connectivity index (χ1v) is 1.82. The van der Waals surface area contributed by atoms with E-state index in [-0.39, 0.29) is 45.2 Å². The summed E-state index contributed by atoms with van der Waals surface area (Å²) >= 11 is 0. The van der Waals surface area contributed by atoms with E-state index in [9.17, 15) is 0 Å². The van der Waals surface area contributed by atoms with Gasteiger partial charge in [-0.1, -0.05) is 7.43 Å². The van der Waals surface area contributed by atoms with Crippen LogP contribution in [0.15, 0.2) is 0 Å². The molecular weight excluding hydrogens is 164 g/mol. The van der Waals surface area contributed by atoms with Gasteiger partial charge in [-0.15, -0.1) is 0 Å². The second kappa shape index (κ2) is 16.1. The zero-order chi connectivity index (χ0) is 7.15. The van der Waals surface area contributed by atoms with E-state index in [4.69, 9.17) is 19.8 Å². The van der Waals surface area contributed by atoms with Crippen LogP contribution in [-0.4, -0.2) is 49.7 Å². The molecule has 0 N–H and O–H groups in total. The van der Waals surface area contributed by atoms with Crippen LogP contribution in [0.4, 0.5) is 0 Å². The molecule has 0 saturated carbocycles. The van der Waals surface area contributed by atoms with Crippen LogP contribution in [0.2, 0.25) is 0 Å². The molecule has 56 valence electrons. The molecule has 0 radical (unpaired) electrons. The van der Waals surface area contributed by atoms with Crippen molar-refractivity contribution in [3.05, 3.63) is 0 Å². The zero-order valence-corrected chi connectivity index (χ0v) is 7.55. The maximum absolute atomic E-state index is 8.89. The van der Waals surface area contributed by atoms with Crippen molar-refractivity contribution in [2.45, 2.75) is 21.3 Å². The van der Waals surface area contributed by atoms with E-state index in [1.807, 2.05) is 0 Å². The third kappa shape index (κ3) is 10700. The summed E-state index contributed by atoms with van der Waals surface area (Å²) in [5.41, 5.74) is 0. The van der Waals surface area contributed by atoms with Crippen molar-refractivity contribution in [3.8, 4) is 0 Å². The summed E-state index contributed by atoms with van der Waals surface area (Å²) in [5.74, 6) is -2.17. The summed E-state index contributed by atoms with van der Waals surface area (Å²) in [5, 5.41) is 17.8. The van der Waals surface area contributed by atoms with Gasteiger partial charge in [0.25, 0.3) is 0 Å². The van der Waals surface area contributed by atoms with E-state index in [2.05, 4.69) is 0 Å². The van der Waals surface area contributed by atoms with E-state index in [1.54, 1.807) is 0 Å². The number of aliphatic carboxylic acids is 2. The molecule has 0 aromatic rings. The summed E-state index contributed by atoms with van der Waals surface area (Å²) < 4.78 is 0. The van der Waals surface area contributed by atoms with Gasteiger partial charge in [0.2, 0.25) is 0 Å². The molecule has 0 saturated heterocycles. The first-order valence-electron chi connectivity index (χ1n) is 1.82. The van der Waals surface area contributed by atoms with Gasteiger partial charge in [-0.05, 0) is 13.8 Å². The minimum absolute atomic E-state index is 0. The van der Waals surface area contributed by atoms with E-state index in [0.29, 0.717) is 0 Å². The molecule has 0 aromatic heterocycles. The molecule has 0 aliphatic carbocycles. The Labute approximate surface area is 90.2 Å². The maximum Gasteiger partial charge on any atom is 2.00 e. The van der Waals surface area contributed by atoms with Gasteiger partial charge in [-0.2, -0.15) is 0 Å². The second-order valence-electron chi connectivity index (χ2n) is 0.983. The molecule has 0 rings (SSSR count). The second-order valence-corrected chi connectivity index (χ2v) is 0.983. The van der Waals surface area contributed by atoms with Crippen molar-refractivity contribution in [3.63, 3.8) is 0 Å². The number of rotatable bonds is 0. The Morgan fingerprint density at radius 2 is 1.00 bits per heavy atom. The van der Waals surface area contributed by atoms with Crippen molar-refractivity contribution >= 4 is 49.7 Å². The van der Waals surface area contributed by atoms with E-state index < -0.39 is 11.9 Å². The number of carbonyl (C=O) groups excluding carboxylic acids is 2. The minimum atomic E-state index is -1.08. The minimum Gasteiger partial charge on any atom is -0.550 e. The normalized spacial score (nSPS) is 5.00. The smallest absolute Gasteiger partial charge is 0.550 e. The van der Waals surface area contributed by atoms with Crippen LogP contribution in [0.5, 0.6) is 0 Å². The van der Waals surface area contributed by atoms with Gasteiger partial charge in [-0.3, -0.25) is 0 Å². The summed E-state index contributed by atoms with van der Waals surface area (Å²) in [6, 6.07) is 0. The Morgan fingerprint density at radius 3 is 1.00 bits per heavy atom. The Kier molecular flexibility index (Phi) is 36.1. The fraction of sp³-hybridized carbons (Fsp3) is 0.600. The molecule has 0 amide bonds. The summed E-state index contributed by atoms with van der Waals surface area (Å²) in [6.45, 7) is 1.94. The van der Waals surface area contributed by atoms with Gasteiger partial charge < -0.3 is 19.8 Å². The van der Waals surface area contributed by atoms with Crippen molar-refractivity contribution in [1.82, 2.24) is 0 Å². The molecule has 0 heterocycles. The van der Waals surface area contributed by atoms with Crippen LogP contribution < -0.4 is 10.2 Å². The van der Waals surface area contributed by atoms with Crippen molar-refractivity contribution < 1.29 is 19.8 Å². The number of hydrogen-bond donors (Lipinski definition) is 0. The van der Waals surface area contributed by atoms with Crippen molar-refractivity contribution in [2.24, 2.45) is 0 Å².